The molecule has 0 saturated heterocycles. The van der Waals surface area contributed by atoms with Crippen molar-refractivity contribution in [1.82, 2.24) is 0 Å². The van der Waals surface area contributed by atoms with Gasteiger partial charge in [0.2, 0.25) is 0 Å². The third-order valence-electron chi connectivity index (χ3n) is 3.38. The maximum absolute atomic E-state index is 8.97. The van der Waals surface area contributed by atoms with E-state index in [-0.39, 0.29) is 0 Å². The molecule has 0 heterocycles. The van der Waals surface area contributed by atoms with E-state index < -0.39 is 0 Å². The van der Waals surface area contributed by atoms with Gasteiger partial charge in [-0.3, -0.25) is 0 Å². The first-order chi connectivity index (χ1) is 4.85. The topological polar surface area (TPSA) is 20.2 Å². The molecule has 2 rings (SSSR count). The highest BCUT2D eigenvalue weighted by molar-refractivity contribution is 5.26. The van der Waals surface area contributed by atoms with Gasteiger partial charge in [-0.1, -0.05) is 19.1 Å². The van der Waals surface area contributed by atoms with Crippen molar-refractivity contribution in [3.05, 3.63) is 12.2 Å². The van der Waals surface area contributed by atoms with Crippen molar-refractivity contribution in [2.24, 2.45) is 17.3 Å². The molecule has 1 nitrogen and oxygen atoms in total. The number of allylic oxidation sites excluding steroid dienone is 2. The van der Waals surface area contributed by atoms with Crippen LogP contribution < -0.4 is 0 Å². The van der Waals surface area contributed by atoms with Crippen LogP contribution in [0.15, 0.2) is 12.2 Å². The maximum Gasteiger partial charge on any atom is 0.0470 e. The van der Waals surface area contributed by atoms with Gasteiger partial charge in [0.1, 0.15) is 0 Å². The summed E-state index contributed by atoms with van der Waals surface area (Å²) in [5.41, 5.74) is 0.439. The third kappa shape index (κ3) is 0.523. The Morgan fingerprint density at radius 1 is 1.70 bits per heavy atom. The number of aliphatic hydroxyl groups excluding tert-OH is 1. The zero-order valence-electron chi connectivity index (χ0n) is 6.38. The normalized spacial score (nSPS) is 49.4. The van der Waals surface area contributed by atoms with Crippen molar-refractivity contribution in [2.45, 2.75) is 19.8 Å². The van der Waals surface area contributed by atoms with Crippen molar-refractivity contribution in [3.63, 3.8) is 0 Å². The summed E-state index contributed by atoms with van der Waals surface area (Å²) in [5, 5.41) is 8.97. The summed E-state index contributed by atoms with van der Waals surface area (Å²) in [4.78, 5) is 0. The fourth-order valence-electron chi connectivity index (χ4n) is 2.63. The standard InChI is InChI=1S/C9H14O/c1-2-9-5-3-4-7(9)8(9)6-10/h3,5,7-8,10H,2,4,6H2,1H3. The highest BCUT2D eigenvalue weighted by atomic mass is 16.3. The van der Waals surface area contributed by atoms with E-state index in [9.17, 15) is 0 Å². The van der Waals surface area contributed by atoms with Gasteiger partial charge in [0.15, 0.2) is 0 Å². The van der Waals surface area contributed by atoms with E-state index in [1.54, 1.807) is 0 Å². The van der Waals surface area contributed by atoms with Gasteiger partial charge in [-0.2, -0.15) is 0 Å². The van der Waals surface area contributed by atoms with Gasteiger partial charge < -0.3 is 5.11 Å². The van der Waals surface area contributed by atoms with Gasteiger partial charge in [-0.15, -0.1) is 0 Å². The molecule has 1 heteroatoms. The van der Waals surface area contributed by atoms with Gasteiger partial charge in [0, 0.05) is 6.61 Å². The molecule has 3 atom stereocenters. The van der Waals surface area contributed by atoms with Crippen LogP contribution in [0.2, 0.25) is 0 Å². The Bertz CT molecular complexity index is 174. The molecule has 0 aromatic carbocycles. The lowest BCUT2D eigenvalue weighted by Gasteiger charge is -2.04. The molecule has 1 fully saturated rings. The van der Waals surface area contributed by atoms with E-state index in [1.807, 2.05) is 0 Å². The molecular weight excluding hydrogens is 124 g/mol. The minimum Gasteiger partial charge on any atom is -0.396 e. The Balaban J connectivity index is 2.15. The number of rotatable bonds is 2. The molecular formula is C9H14O. The predicted octanol–water partition coefficient (Wildman–Crippen LogP) is 1.58. The second-order valence-corrected chi connectivity index (χ2v) is 3.50. The van der Waals surface area contributed by atoms with E-state index in [1.165, 1.54) is 12.8 Å². The van der Waals surface area contributed by atoms with Gasteiger partial charge >= 0.3 is 0 Å². The Labute approximate surface area is 61.8 Å². The highest BCUT2D eigenvalue weighted by Crippen LogP contribution is 2.66. The number of hydrogen-bond donors (Lipinski definition) is 1. The zero-order chi connectivity index (χ0) is 7.19. The number of hydrogen-bond acceptors (Lipinski definition) is 1. The van der Waals surface area contributed by atoms with Crippen LogP contribution in [0.4, 0.5) is 0 Å². The molecule has 0 aliphatic heterocycles. The summed E-state index contributed by atoms with van der Waals surface area (Å²) in [6.07, 6.45) is 7.00. The van der Waals surface area contributed by atoms with Crippen LogP contribution in [0.1, 0.15) is 19.8 Å². The highest BCUT2D eigenvalue weighted by Gasteiger charge is 2.62. The second-order valence-electron chi connectivity index (χ2n) is 3.50. The minimum atomic E-state index is 0.392. The van der Waals surface area contributed by atoms with Crippen molar-refractivity contribution < 1.29 is 5.11 Å². The Kier molecular flexibility index (Phi) is 1.19. The SMILES string of the molecule is CCC12C=CCC1C2CO. The lowest BCUT2D eigenvalue weighted by molar-refractivity contribution is 0.254. The Morgan fingerprint density at radius 2 is 2.50 bits per heavy atom. The van der Waals surface area contributed by atoms with Gasteiger partial charge in [0.05, 0.1) is 0 Å². The van der Waals surface area contributed by atoms with E-state index >= 15 is 0 Å². The van der Waals surface area contributed by atoms with Crippen LogP contribution in [0.3, 0.4) is 0 Å². The number of aliphatic hydroxyl groups is 1. The van der Waals surface area contributed by atoms with Crippen LogP contribution in [-0.4, -0.2) is 11.7 Å². The van der Waals surface area contributed by atoms with Crippen molar-refractivity contribution >= 4 is 0 Å². The summed E-state index contributed by atoms with van der Waals surface area (Å²) in [5.74, 6) is 1.39. The van der Waals surface area contributed by atoms with Crippen molar-refractivity contribution in [1.29, 1.82) is 0 Å². The predicted molar refractivity (Wildman–Crippen MR) is 40.5 cm³/mol. The first kappa shape index (κ1) is 6.41. The quantitative estimate of drug-likeness (QED) is 0.574. The Hall–Kier alpha value is -0.300. The fourth-order valence-corrected chi connectivity index (χ4v) is 2.63. The lowest BCUT2D eigenvalue weighted by atomic mass is 10.0. The summed E-state index contributed by atoms with van der Waals surface area (Å²) in [7, 11) is 0. The number of fused-ring (bicyclic) bond motifs is 1. The first-order valence-electron chi connectivity index (χ1n) is 4.13. The van der Waals surface area contributed by atoms with Crippen molar-refractivity contribution in [2.75, 3.05) is 6.61 Å². The zero-order valence-corrected chi connectivity index (χ0v) is 6.38. The lowest BCUT2D eigenvalue weighted by Crippen LogP contribution is -2.00. The van der Waals surface area contributed by atoms with Gasteiger partial charge in [0.25, 0.3) is 0 Å². The average molecular weight is 138 g/mol. The summed E-state index contributed by atoms with van der Waals surface area (Å²) < 4.78 is 0. The molecule has 10 heavy (non-hydrogen) atoms. The summed E-state index contributed by atoms with van der Waals surface area (Å²) in [6, 6.07) is 0. The van der Waals surface area contributed by atoms with E-state index in [2.05, 4.69) is 19.1 Å². The van der Waals surface area contributed by atoms with Crippen molar-refractivity contribution in [3.8, 4) is 0 Å². The van der Waals surface area contributed by atoms with Crippen LogP contribution in [0.5, 0.6) is 0 Å². The third-order valence-corrected chi connectivity index (χ3v) is 3.38. The Morgan fingerprint density at radius 3 is 2.90 bits per heavy atom. The molecule has 0 aromatic heterocycles. The first-order valence-corrected chi connectivity index (χ1v) is 4.13. The van der Waals surface area contributed by atoms with E-state index in [4.69, 9.17) is 5.11 Å². The second kappa shape index (κ2) is 1.85. The largest absolute Gasteiger partial charge is 0.396 e. The average Bonchev–Trinajstić information content (AvgIpc) is 2.38. The smallest absolute Gasteiger partial charge is 0.0470 e. The molecule has 1 N–H and O–H groups in total. The minimum absolute atomic E-state index is 0.392. The van der Waals surface area contributed by atoms with Gasteiger partial charge in [-0.05, 0) is 30.1 Å². The van der Waals surface area contributed by atoms with Gasteiger partial charge in [-0.25, -0.2) is 0 Å². The molecule has 0 aromatic rings. The molecule has 1 saturated carbocycles. The molecule has 0 radical (unpaired) electrons. The summed E-state index contributed by atoms with van der Waals surface area (Å²) >= 11 is 0. The van der Waals surface area contributed by atoms with Crippen LogP contribution >= 0.6 is 0 Å². The fraction of sp³-hybridized carbons (Fsp3) is 0.778. The van der Waals surface area contributed by atoms with Crippen LogP contribution in [0.25, 0.3) is 0 Å². The van der Waals surface area contributed by atoms with E-state index in [0.29, 0.717) is 17.9 Å². The van der Waals surface area contributed by atoms with Crippen LogP contribution in [-0.2, 0) is 0 Å². The molecule has 56 valence electrons. The molecule has 2 aliphatic carbocycles. The summed E-state index contributed by atoms with van der Waals surface area (Å²) in [6.45, 7) is 2.61. The molecule has 0 bridgehead atoms. The van der Waals surface area contributed by atoms with Crippen LogP contribution in [0, 0.1) is 17.3 Å². The maximum atomic E-state index is 8.97. The molecule has 0 spiro atoms. The molecule has 2 aliphatic rings. The molecule has 3 unspecified atom stereocenters. The molecule has 0 amide bonds. The monoisotopic (exact) mass is 138 g/mol. The van der Waals surface area contributed by atoms with E-state index in [0.717, 1.165) is 5.92 Å².